The Bertz CT molecular complexity index is 1340. The molecular weight excluding hydrogens is 435 g/mol. The van der Waals surface area contributed by atoms with Crippen molar-refractivity contribution < 1.29 is 27.2 Å². The van der Waals surface area contributed by atoms with Gasteiger partial charge in [-0.3, -0.25) is 9.59 Å². The Morgan fingerprint density at radius 3 is 2.33 bits per heavy atom. The van der Waals surface area contributed by atoms with Gasteiger partial charge in [0.05, 0.1) is 23.9 Å². The Morgan fingerprint density at radius 2 is 1.58 bits per heavy atom. The zero-order valence-electron chi connectivity index (χ0n) is 16.9. The number of halogens is 3. The van der Waals surface area contributed by atoms with Crippen LogP contribution in [0.15, 0.2) is 77.3 Å². The van der Waals surface area contributed by atoms with Crippen molar-refractivity contribution in [3.63, 3.8) is 0 Å². The highest BCUT2D eigenvalue weighted by Crippen LogP contribution is 2.29. The van der Waals surface area contributed by atoms with E-state index >= 15 is 0 Å². The van der Waals surface area contributed by atoms with Crippen molar-refractivity contribution in [1.29, 1.82) is 0 Å². The average Bonchev–Trinajstić information content (AvgIpc) is 3.30. The fraction of sp³-hybridized carbons (Fsp3) is 0.0417. The molecule has 0 radical (unpaired) electrons. The minimum atomic E-state index is -1.11. The van der Waals surface area contributed by atoms with Gasteiger partial charge in [0.1, 0.15) is 5.82 Å². The first-order valence-electron chi connectivity index (χ1n) is 9.75. The van der Waals surface area contributed by atoms with Crippen LogP contribution in [-0.2, 0) is 4.79 Å². The summed E-state index contributed by atoms with van der Waals surface area (Å²) in [6.45, 7) is -0.418. The highest BCUT2D eigenvalue weighted by molar-refractivity contribution is 6.02. The monoisotopic (exact) mass is 451 g/mol. The van der Waals surface area contributed by atoms with E-state index in [1.54, 1.807) is 36.4 Å². The topological polar surface area (TPSA) is 84.2 Å². The van der Waals surface area contributed by atoms with Gasteiger partial charge in [0.25, 0.3) is 5.91 Å². The number of hydrogen-bond donors (Lipinski definition) is 2. The Balaban J connectivity index is 1.47. The van der Waals surface area contributed by atoms with Crippen LogP contribution in [0.5, 0.6) is 0 Å². The molecule has 0 aliphatic rings. The first-order chi connectivity index (χ1) is 15.9. The Labute approximate surface area is 186 Å². The summed E-state index contributed by atoms with van der Waals surface area (Å²) in [5.41, 5.74) is 0.805. The van der Waals surface area contributed by atoms with Gasteiger partial charge in [-0.05, 0) is 36.4 Å². The number of anilines is 1. The Hall–Kier alpha value is -4.40. The molecule has 33 heavy (non-hydrogen) atoms. The van der Waals surface area contributed by atoms with Crippen LogP contribution >= 0.6 is 0 Å². The zero-order chi connectivity index (χ0) is 23.4. The van der Waals surface area contributed by atoms with E-state index in [-0.39, 0.29) is 28.5 Å². The molecule has 0 saturated heterocycles. The number of nitrogens with zero attached hydrogens (tertiary/aromatic N) is 1. The molecule has 4 rings (SSSR count). The first kappa shape index (κ1) is 21.8. The largest absolute Gasteiger partial charge is 0.436 e. The second kappa shape index (κ2) is 9.39. The van der Waals surface area contributed by atoms with Gasteiger partial charge in [0.15, 0.2) is 17.4 Å². The second-order valence-electron chi connectivity index (χ2n) is 6.91. The van der Waals surface area contributed by atoms with Gasteiger partial charge in [-0.25, -0.2) is 18.2 Å². The predicted octanol–water partition coefficient (Wildman–Crippen LogP) is 4.79. The lowest BCUT2D eigenvalue weighted by molar-refractivity contribution is -0.115. The molecule has 0 unspecified atom stereocenters. The van der Waals surface area contributed by atoms with Gasteiger partial charge in [-0.2, -0.15) is 0 Å². The number of carbonyl (C=O) groups is 2. The summed E-state index contributed by atoms with van der Waals surface area (Å²) in [6.07, 6.45) is 1.36. The summed E-state index contributed by atoms with van der Waals surface area (Å²) >= 11 is 0. The summed E-state index contributed by atoms with van der Waals surface area (Å²) in [4.78, 5) is 28.9. The van der Waals surface area contributed by atoms with Crippen molar-refractivity contribution in [1.82, 2.24) is 10.3 Å². The number of benzene rings is 3. The SMILES string of the molecule is O=C(CNC(=O)c1ccccc1-c1ncc(-c2ccccc2F)o1)Nc1ccc(F)c(F)c1. The van der Waals surface area contributed by atoms with Crippen LogP contribution in [0, 0.1) is 17.5 Å². The number of aromatic nitrogens is 1. The number of rotatable bonds is 6. The van der Waals surface area contributed by atoms with Gasteiger partial charge in [0.2, 0.25) is 11.8 Å². The second-order valence-corrected chi connectivity index (χ2v) is 6.91. The lowest BCUT2D eigenvalue weighted by atomic mass is 10.1. The van der Waals surface area contributed by atoms with Crippen LogP contribution in [0.25, 0.3) is 22.8 Å². The van der Waals surface area contributed by atoms with E-state index in [4.69, 9.17) is 4.42 Å². The van der Waals surface area contributed by atoms with Crippen molar-refractivity contribution in [2.75, 3.05) is 11.9 Å². The van der Waals surface area contributed by atoms with Gasteiger partial charge < -0.3 is 15.1 Å². The normalized spacial score (nSPS) is 10.6. The maximum atomic E-state index is 14.0. The molecule has 0 bridgehead atoms. The molecule has 0 saturated carbocycles. The Kier molecular flexibility index (Phi) is 6.21. The van der Waals surface area contributed by atoms with Crippen LogP contribution in [0.4, 0.5) is 18.9 Å². The van der Waals surface area contributed by atoms with Crippen LogP contribution in [-0.4, -0.2) is 23.3 Å². The number of amides is 2. The van der Waals surface area contributed by atoms with E-state index in [9.17, 15) is 22.8 Å². The average molecular weight is 451 g/mol. The third kappa shape index (κ3) is 4.93. The van der Waals surface area contributed by atoms with E-state index in [0.717, 1.165) is 12.1 Å². The molecule has 0 atom stereocenters. The summed E-state index contributed by atoms with van der Waals surface area (Å²) in [5, 5.41) is 4.82. The standard InChI is InChI=1S/C24H16F3N3O3/c25-18-8-4-3-7-17(18)21-12-29-24(33-21)16-6-2-1-5-15(16)23(32)28-13-22(31)30-14-9-10-19(26)20(27)11-14/h1-12H,13H2,(H,28,32)(H,30,31). The lowest BCUT2D eigenvalue weighted by Gasteiger charge is -2.09. The minimum Gasteiger partial charge on any atom is -0.436 e. The molecule has 9 heteroatoms. The third-order valence-corrected chi connectivity index (χ3v) is 4.66. The summed E-state index contributed by atoms with van der Waals surface area (Å²) < 4.78 is 46.0. The summed E-state index contributed by atoms with van der Waals surface area (Å²) in [6, 6.07) is 15.4. The van der Waals surface area contributed by atoms with Crippen molar-refractivity contribution in [2.24, 2.45) is 0 Å². The Morgan fingerprint density at radius 1 is 0.848 bits per heavy atom. The lowest BCUT2D eigenvalue weighted by Crippen LogP contribution is -2.33. The predicted molar refractivity (Wildman–Crippen MR) is 115 cm³/mol. The molecule has 4 aromatic rings. The van der Waals surface area contributed by atoms with Crippen LogP contribution < -0.4 is 10.6 Å². The molecule has 0 aliphatic carbocycles. The number of hydrogen-bond acceptors (Lipinski definition) is 4. The zero-order valence-corrected chi connectivity index (χ0v) is 16.9. The van der Waals surface area contributed by atoms with E-state index in [1.807, 2.05) is 0 Å². The molecular formula is C24H16F3N3O3. The molecule has 2 amide bonds. The molecule has 1 heterocycles. The maximum Gasteiger partial charge on any atom is 0.252 e. The fourth-order valence-corrected chi connectivity index (χ4v) is 3.09. The number of nitrogens with one attached hydrogen (secondary N) is 2. The van der Waals surface area contributed by atoms with Gasteiger partial charge >= 0.3 is 0 Å². The quantitative estimate of drug-likeness (QED) is 0.441. The van der Waals surface area contributed by atoms with Crippen LogP contribution in [0.2, 0.25) is 0 Å². The first-order valence-corrected chi connectivity index (χ1v) is 9.75. The molecule has 3 aromatic carbocycles. The van der Waals surface area contributed by atoms with Gasteiger partial charge in [0, 0.05) is 17.3 Å². The molecule has 2 N–H and O–H groups in total. The van der Waals surface area contributed by atoms with Gasteiger partial charge in [-0.1, -0.05) is 24.3 Å². The molecule has 0 spiro atoms. The van der Waals surface area contributed by atoms with Crippen molar-refractivity contribution in [3.8, 4) is 22.8 Å². The molecule has 0 aliphatic heterocycles. The van der Waals surface area contributed by atoms with E-state index in [1.165, 1.54) is 24.4 Å². The van der Waals surface area contributed by atoms with E-state index in [2.05, 4.69) is 15.6 Å². The number of oxazole rings is 1. The molecule has 0 fully saturated rings. The van der Waals surface area contributed by atoms with Crippen LogP contribution in [0.3, 0.4) is 0 Å². The number of carbonyl (C=O) groups excluding carboxylic acids is 2. The maximum absolute atomic E-state index is 14.0. The molecule has 1 aromatic heterocycles. The minimum absolute atomic E-state index is 0.0500. The highest BCUT2D eigenvalue weighted by Gasteiger charge is 2.18. The van der Waals surface area contributed by atoms with E-state index in [0.29, 0.717) is 5.56 Å². The summed E-state index contributed by atoms with van der Waals surface area (Å²) in [7, 11) is 0. The van der Waals surface area contributed by atoms with Gasteiger partial charge in [-0.15, -0.1) is 0 Å². The molecule has 6 nitrogen and oxygen atoms in total. The fourth-order valence-electron chi connectivity index (χ4n) is 3.09. The van der Waals surface area contributed by atoms with Crippen LogP contribution in [0.1, 0.15) is 10.4 Å². The van der Waals surface area contributed by atoms with Crippen molar-refractivity contribution >= 4 is 17.5 Å². The van der Waals surface area contributed by atoms with E-state index < -0.39 is 35.8 Å². The molecule has 166 valence electrons. The summed E-state index contributed by atoms with van der Waals surface area (Å²) in [5.74, 6) is -3.54. The third-order valence-electron chi connectivity index (χ3n) is 4.66. The van der Waals surface area contributed by atoms with Crippen molar-refractivity contribution in [2.45, 2.75) is 0 Å². The smallest absolute Gasteiger partial charge is 0.252 e. The van der Waals surface area contributed by atoms with Crippen molar-refractivity contribution in [3.05, 3.63) is 95.9 Å². The highest BCUT2D eigenvalue weighted by atomic mass is 19.2.